The van der Waals surface area contributed by atoms with Gasteiger partial charge in [-0.3, -0.25) is 9.59 Å². The monoisotopic (exact) mass is 426 g/mol. The summed E-state index contributed by atoms with van der Waals surface area (Å²) in [6.07, 6.45) is 3.80. The molecular formula is C24H30N2O5. The molecular weight excluding hydrogens is 396 g/mol. The van der Waals surface area contributed by atoms with Crippen LogP contribution in [-0.4, -0.2) is 41.5 Å². The first-order valence-corrected chi connectivity index (χ1v) is 10.6. The van der Waals surface area contributed by atoms with Crippen molar-refractivity contribution in [3.8, 4) is 11.5 Å². The van der Waals surface area contributed by atoms with Crippen molar-refractivity contribution in [1.29, 1.82) is 0 Å². The fourth-order valence-corrected chi connectivity index (χ4v) is 3.41. The van der Waals surface area contributed by atoms with Gasteiger partial charge in [0.15, 0.2) is 11.5 Å². The molecule has 2 aromatic rings. The highest BCUT2D eigenvalue weighted by Crippen LogP contribution is 2.33. The molecule has 1 aliphatic heterocycles. The van der Waals surface area contributed by atoms with Crippen LogP contribution in [-0.2, 0) is 22.7 Å². The number of carbonyl (C=O) groups excluding carboxylic acids is 2. The van der Waals surface area contributed by atoms with Gasteiger partial charge in [0, 0.05) is 19.5 Å². The van der Waals surface area contributed by atoms with Crippen LogP contribution in [0.4, 0.5) is 0 Å². The summed E-state index contributed by atoms with van der Waals surface area (Å²) in [5.41, 5.74) is 0.911. The van der Waals surface area contributed by atoms with Crippen LogP contribution in [0.15, 0.2) is 47.4 Å². The van der Waals surface area contributed by atoms with Gasteiger partial charge in [0.25, 0.3) is 0 Å². The Morgan fingerprint density at radius 1 is 1.06 bits per heavy atom. The van der Waals surface area contributed by atoms with Gasteiger partial charge in [0.05, 0.1) is 6.54 Å². The minimum absolute atomic E-state index is 0.00118. The van der Waals surface area contributed by atoms with Crippen LogP contribution in [0.5, 0.6) is 11.5 Å². The Labute approximate surface area is 183 Å². The molecule has 7 heteroatoms. The molecule has 0 bridgehead atoms. The normalized spacial score (nSPS) is 11.9. The molecule has 0 fully saturated rings. The molecule has 1 aromatic carbocycles. The highest BCUT2D eigenvalue weighted by Gasteiger charge is 2.23. The number of nitrogens with zero attached hydrogens (tertiary/aromatic N) is 2. The van der Waals surface area contributed by atoms with Gasteiger partial charge in [-0.25, -0.2) is 0 Å². The quantitative estimate of drug-likeness (QED) is 0.507. The van der Waals surface area contributed by atoms with Crippen molar-refractivity contribution >= 4 is 11.8 Å². The molecule has 2 amide bonds. The predicted molar refractivity (Wildman–Crippen MR) is 117 cm³/mol. The number of aryl methyl sites for hydroxylation is 1. The lowest BCUT2D eigenvalue weighted by molar-refractivity contribution is -0.141. The van der Waals surface area contributed by atoms with E-state index in [-0.39, 0.29) is 25.2 Å². The zero-order chi connectivity index (χ0) is 22.2. The Morgan fingerprint density at radius 2 is 1.87 bits per heavy atom. The van der Waals surface area contributed by atoms with Crippen LogP contribution in [0.1, 0.15) is 43.3 Å². The third-order valence-electron chi connectivity index (χ3n) is 5.08. The number of hydrogen-bond acceptors (Lipinski definition) is 5. The van der Waals surface area contributed by atoms with E-state index in [0.717, 1.165) is 24.2 Å². The molecule has 7 nitrogen and oxygen atoms in total. The highest BCUT2D eigenvalue weighted by molar-refractivity contribution is 5.85. The topological polar surface area (TPSA) is 72.2 Å². The van der Waals surface area contributed by atoms with Gasteiger partial charge in [-0.2, -0.15) is 0 Å². The lowest BCUT2D eigenvalue weighted by atomic mass is 10.1. The number of benzene rings is 1. The van der Waals surface area contributed by atoms with Gasteiger partial charge in [0.1, 0.15) is 18.1 Å². The van der Waals surface area contributed by atoms with E-state index in [1.165, 1.54) is 0 Å². The lowest BCUT2D eigenvalue weighted by Gasteiger charge is -2.27. The summed E-state index contributed by atoms with van der Waals surface area (Å²) >= 11 is 0. The summed E-state index contributed by atoms with van der Waals surface area (Å²) in [7, 11) is 0. The van der Waals surface area contributed by atoms with Crippen LogP contribution >= 0.6 is 0 Å². The Morgan fingerprint density at radius 3 is 2.58 bits per heavy atom. The zero-order valence-corrected chi connectivity index (χ0v) is 18.3. The Balaban J connectivity index is 1.76. The van der Waals surface area contributed by atoms with Crippen molar-refractivity contribution in [2.45, 2.75) is 46.2 Å². The standard InChI is InChI=1S/C24H30N2O5/c1-4-6-7-23(27)25(12-5-2)16-24(28)26(15-20-10-8-18(3)31-20)14-19-9-11-21-22(13-19)30-17-29-21/h5,8-11,13H,2,4,6-7,12,14-17H2,1,3H3. The molecule has 0 saturated heterocycles. The van der Waals surface area contributed by atoms with Crippen LogP contribution in [0.3, 0.4) is 0 Å². The molecule has 2 heterocycles. The van der Waals surface area contributed by atoms with Crippen molar-refractivity contribution in [1.82, 2.24) is 9.80 Å². The molecule has 0 unspecified atom stereocenters. The average molecular weight is 427 g/mol. The predicted octanol–water partition coefficient (Wildman–Crippen LogP) is 4.05. The van der Waals surface area contributed by atoms with Gasteiger partial charge < -0.3 is 23.7 Å². The van der Waals surface area contributed by atoms with Gasteiger partial charge in [0.2, 0.25) is 18.6 Å². The molecule has 0 radical (unpaired) electrons. The number of hydrogen-bond donors (Lipinski definition) is 0. The zero-order valence-electron chi connectivity index (χ0n) is 18.3. The first kappa shape index (κ1) is 22.5. The summed E-state index contributed by atoms with van der Waals surface area (Å²) in [5, 5.41) is 0. The molecule has 0 spiro atoms. The smallest absolute Gasteiger partial charge is 0.242 e. The summed E-state index contributed by atoms with van der Waals surface area (Å²) < 4.78 is 16.5. The van der Waals surface area contributed by atoms with Gasteiger partial charge in [-0.1, -0.05) is 25.5 Å². The fraction of sp³-hybridized carbons (Fsp3) is 0.417. The number of rotatable bonds is 11. The molecule has 0 saturated carbocycles. The van der Waals surface area contributed by atoms with E-state index in [1.54, 1.807) is 15.9 Å². The van der Waals surface area contributed by atoms with E-state index in [0.29, 0.717) is 43.3 Å². The third-order valence-corrected chi connectivity index (χ3v) is 5.08. The van der Waals surface area contributed by atoms with E-state index in [2.05, 4.69) is 6.58 Å². The maximum absolute atomic E-state index is 13.3. The molecule has 0 atom stereocenters. The Bertz CT molecular complexity index is 920. The van der Waals surface area contributed by atoms with Crippen molar-refractivity contribution in [2.24, 2.45) is 0 Å². The third kappa shape index (κ3) is 6.13. The SMILES string of the molecule is C=CCN(CC(=O)N(Cc1ccc2c(c1)OCO2)Cc1ccc(C)o1)C(=O)CCCC. The van der Waals surface area contributed by atoms with Crippen molar-refractivity contribution in [2.75, 3.05) is 19.9 Å². The molecule has 0 N–H and O–H groups in total. The van der Waals surface area contributed by atoms with E-state index < -0.39 is 0 Å². The number of carbonyl (C=O) groups is 2. The second kappa shape index (κ2) is 10.7. The molecule has 166 valence electrons. The first-order chi connectivity index (χ1) is 15.0. The number of ether oxygens (including phenoxy) is 2. The fourth-order valence-electron chi connectivity index (χ4n) is 3.41. The number of fused-ring (bicyclic) bond motifs is 1. The Kier molecular flexibility index (Phi) is 7.76. The van der Waals surface area contributed by atoms with Gasteiger partial charge in [-0.15, -0.1) is 6.58 Å². The van der Waals surface area contributed by atoms with Crippen LogP contribution in [0.2, 0.25) is 0 Å². The van der Waals surface area contributed by atoms with Crippen molar-refractivity contribution < 1.29 is 23.5 Å². The number of furan rings is 1. The second-order valence-electron chi connectivity index (χ2n) is 7.62. The summed E-state index contributed by atoms with van der Waals surface area (Å²) in [5.74, 6) is 2.65. The maximum Gasteiger partial charge on any atom is 0.242 e. The minimum Gasteiger partial charge on any atom is -0.464 e. The molecule has 1 aliphatic rings. The molecule has 3 rings (SSSR count). The van der Waals surface area contributed by atoms with Crippen molar-refractivity contribution in [3.05, 3.63) is 60.1 Å². The van der Waals surface area contributed by atoms with E-state index >= 15 is 0 Å². The summed E-state index contributed by atoms with van der Waals surface area (Å²) in [4.78, 5) is 29.1. The van der Waals surface area contributed by atoms with E-state index in [1.807, 2.05) is 44.2 Å². The second-order valence-corrected chi connectivity index (χ2v) is 7.62. The van der Waals surface area contributed by atoms with E-state index in [4.69, 9.17) is 13.9 Å². The number of amides is 2. The largest absolute Gasteiger partial charge is 0.464 e. The molecule has 0 aliphatic carbocycles. The number of unbranched alkanes of at least 4 members (excludes halogenated alkanes) is 1. The average Bonchev–Trinajstić information content (AvgIpc) is 3.39. The Hall–Kier alpha value is -3.22. The van der Waals surface area contributed by atoms with Crippen LogP contribution < -0.4 is 9.47 Å². The van der Waals surface area contributed by atoms with Gasteiger partial charge in [-0.05, 0) is 43.2 Å². The lowest BCUT2D eigenvalue weighted by Crippen LogP contribution is -2.42. The van der Waals surface area contributed by atoms with E-state index in [9.17, 15) is 9.59 Å². The molecule has 31 heavy (non-hydrogen) atoms. The van der Waals surface area contributed by atoms with Crippen molar-refractivity contribution in [3.63, 3.8) is 0 Å². The maximum atomic E-state index is 13.3. The van der Waals surface area contributed by atoms with Crippen LogP contribution in [0.25, 0.3) is 0 Å². The van der Waals surface area contributed by atoms with Gasteiger partial charge >= 0.3 is 0 Å². The first-order valence-electron chi connectivity index (χ1n) is 10.6. The molecule has 1 aromatic heterocycles. The van der Waals surface area contributed by atoms with Crippen LogP contribution in [0, 0.1) is 6.92 Å². The summed E-state index contributed by atoms with van der Waals surface area (Å²) in [6.45, 7) is 8.84. The highest BCUT2D eigenvalue weighted by atomic mass is 16.7. The minimum atomic E-state index is -0.154. The summed E-state index contributed by atoms with van der Waals surface area (Å²) in [6, 6.07) is 9.37.